The third-order valence-corrected chi connectivity index (χ3v) is 6.12. The molecule has 5 nitrogen and oxygen atoms in total. The molecule has 4 rings (SSSR count). The Morgan fingerprint density at radius 2 is 1.90 bits per heavy atom. The minimum atomic E-state index is -0.218. The molecule has 0 fully saturated rings. The molecule has 2 unspecified atom stereocenters. The van der Waals surface area contributed by atoms with Crippen molar-refractivity contribution in [2.24, 2.45) is 0 Å². The molecule has 0 bridgehead atoms. The number of benzene rings is 3. The number of fused-ring (bicyclic) bond motifs is 2. The summed E-state index contributed by atoms with van der Waals surface area (Å²) in [4.78, 5) is 13.3. The zero-order chi connectivity index (χ0) is 20.9. The zero-order valence-corrected chi connectivity index (χ0v) is 17.1. The molecule has 1 aliphatic rings. The van der Waals surface area contributed by atoms with Crippen LogP contribution >= 0.6 is 0 Å². The summed E-state index contributed by atoms with van der Waals surface area (Å²) in [6.45, 7) is 5.98. The van der Waals surface area contributed by atoms with Gasteiger partial charge >= 0.3 is 0 Å². The van der Waals surface area contributed by atoms with E-state index in [1.807, 2.05) is 45.0 Å². The van der Waals surface area contributed by atoms with Crippen molar-refractivity contribution < 1.29 is 19.7 Å². The summed E-state index contributed by atoms with van der Waals surface area (Å²) in [5, 5.41) is 22.7. The van der Waals surface area contributed by atoms with Gasteiger partial charge in [-0.25, -0.2) is 0 Å². The number of methoxy groups -OCH3 is 1. The molecule has 0 aliphatic carbocycles. The van der Waals surface area contributed by atoms with Gasteiger partial charge in [0.05, 0.1) is 18.5 Å². The molecule has 1 aliphatic heterocycles. The predicted molar refractivity (Wildman–Crippen MR) is 113 cm³/mol. The number of carbonyl (C=O) groups is 1. The highest BCUT2D eigenvalue weighted by atomic mass is 16.5. The van der Waals surface area contributed by atoms with Gasteiger partial charge in [0.1, 0.15) is 17.2 Å². The molecule has 5 heteroatoms. The fourth-order valence-corrected chi connectivity index (χ4v) is 4.78. The second kappa shape index (κ2) is 6.99. The molecule has 0 saturated carbocycles. The van der Waals surface area contributed by atoms with E-state index in [9.17, 15) is 15.0 Å². The Balaban J connectivity index is 2.07. The van der Waals surface area contributed by atoms with Crippen LogP contribution in [0.25, 0.3) is 21.9 Å². The molecular weight excluding hydrogens is 366 g/mol. The van der Waals surface area contributed by atoms with Crippen LogP contribution in [0.5, 0.6) is 17.2 Å². The average molecular weight is 391 g/mol. The monoisotopic (exact) mass is 391 g/mol. The van der Waals surface area contributed by atoms with Gasteiger partial charge in [0, 0.05) is 11.6 Å². The Morgan fingerprint density at radius 1 is 1.14 bits per heavy atom. The van der Waals surface area contributed by atoms with Crippen LogP contribution in [0.15, 0.2) is 36.4 Å². The molecule has 0 radical (unpaired) electrons. The van der Waals surface area contributed by atoms with Crippen molar-refractivity contribution in [1.29, 1.82) is 0 Å². The van der Waals surface area contributed by atoms with Crippen LogP contribution < -0.4 is 4.74 Å². The summed E-state index contributed by atoms with van der Waals surface area (Å²) in [5.41, 5.74) is 4.87. The quantitative estimate of drug-likeness (QED) is 0.635. The van der Waals surface area contributed by atoms with Crippen molar-refractivity contribution in [3.63, 3.8) is 0 Å². The largest absolute Gasteiger partial charge is 0.508 e. The van der Waals surface area contributed by atoms with Crippen molar-refractivity contribution in [3.05, 3.63) is 53.1 Å². The number of phenols is 2. The maximum absolute atomic E-state index is 11.6. The molecule has 2 N–H and O–H groups in total. The molecule has 150 valence electrons. The van der Waals surface area contributed by atoms with E-state index in [1.165, 1.54) is 0 Å². The lowest BCUT2D eigenvalue weighted by atomic mass is 9.81. The molecular formula is C24H25NO4. The van der Waals surface area contributed by atoms with Crippen LogP contribution in [0, 0.1) is 6.92 Å². The van der Waals surface area contributed by atoms with Gasteiger partial charge in [0.2, 0.25) is 6.41 Å². The van der Waals surface area contributed by atoms with Crippen molar-refractivity contribution in [2.45, 2.75) is 39.3 Å². The lowest BCUT2D eigenvalue weighted by molar-refractivity contribution is -0.122. The number of amides is 1. The number of aromatic hydroxyl groups is 2. The van der Waals surface area contributed by atoms with Crippen LogP contribution in [0.2, 0.25) is 0 Å². The van der Waals surface area contributed by atoms with Crippen molar-refractivity contribution in [3.8, 4) is 28.4 Å². The number of ether oxygens (including phenoxy) is 1. The standard InChI is InChI=1S/C24H25NO4/c1-13-10-21(29-4)24-17(6-5-7-19(24)27)22(13)16-8-9-20(28)23-15(3)25(12-26)14(2)11-18(16)23/h5-10,12,14-15,27-28H,11H2,1-4H3. The van der Waals surface area contributed by atoms with Crippen LogP contribution in [-0.2, 0) is 11.2 Å². The van der Waals surface area contributed by atoms with Gasteiger partial charge in [0.25, 0.3) is 0 Å². The van der Waals surface area contributed by atoms with E-state index < -0.39 is 0 Å². The second-order valence-corrected chi connectivity index (χ2v) is 7.78. The molecule has 0 aromatic heterocycles. The summed E-state index contributed by atoms with van der Waals surface area (Å²) in [7, 11) is 1.60. The van der Waals surface area contributed by atoms with Gasteiger partial charge in [-0.1, -0.05) is 18.2 Å². The third-order valence-electron chi connectivity index (χ3n) is 6.12. The van der Waals surface area contributed by atoms with Gasteiger partial charge in [0.15, 0.2) is 0 Å². The molecule has 29 heavy (non-hydrogen) atoms. The van der Waals surface area contributed by atoms with Gasteiger partial charge in [-0.2, -0.15) is 0 Å². The maximum Gasteiger partial charge on any atom is 0.210 e. The lowest BCUT2D eigenvalue weighted by Crippen LogP contribution is -2.40. The van der Waals surface area contributed by atoms with E-state index in [0.29, 0.717) is 17.6 Å². The molecule has 1 amide bonds. The Bertz CT molecular complexity index is 1120. The first-order valence-electron chi connectivity index (χ1n) is 9.76. The average Bonchev–Trinajstić information content (AvgIpc) is 2.68. The number of carbonyl (C=O) groups excluding carboxylic acids is 1. The zero-order valence-electron chi connectivity index (χ0n) is 17.1. The Hall–Kier alpha value is -3.21. The molecule has 2 atom stereocenters. The number of nitrogens with zero attached hydrogens (tertiary/aromatic N) is 1. The van der Waals surface area contributed by atoms with Crippen molar-refractivity contribution >= 4 is 17.2 Å². The van der Waals surface area contributed by atoms with E-state index in [-0.39, 0.29) is 23.6 Å². The summed E-state index contributed by atoms with van der Waals surface area (Å²) in [6.07, 6.45) is 1.50. The van der Waals surface area contributed by atoms with E-state index in [4.69, 9.17) is 4.74 Å². The summed E-state index contributed by atoms with van der Waals surface area (Å²) >= 11 is 0. The Morgan fingerprint density at radius 3 is 2.59 bits per heavy atom. The van der Waals surface area contributed by atoms with Crippen LogP contribution in [0.3, 0.4) is 0 Å². The SMILES string of the molecule is COc1cc(C)c(-c2ccc(O)c3c2CC(C)N(C=O)C3C)c2cccc(O)c12. The normalized spacial score (nSPS) is 18.6. The van der Waals surface area contributed by atoms with E-state index >= 15 is 0 Å². The van der Waals surface area contributed by atoms with Crippen LogP contribution in [0.1, 0.15) is 36.6 Å². The minimum absolute atomic E-state index is 0.0220. The maximum atomic E-state index is 11.6. The Labute approximate surface area is 170 Å². The highest BCUT2D eigenvalue weighted by Gasteiger charge is 2.33. The lowest BCUT2D eigenvalue weighted by Gasteiger charge is -2.39. The van der Waals surface area contributed by atoms with Crippen LogP contribution in [-0.4, -0.2) is 34.7 Å². The molecule has 3 aromatic rings. The van der Waals surface area contributed by atoms with Gasteiger partial charge in [-0.15, -0.1) is 0 Å². The first-order chi connectivity index (χ1) is 13.9. The summed E-state index contributed by atoms with van der Waals surface area (Å²) in [5.74, 6) is 0.997. The number of hydrogen-bond acceptors (Lipinski definition) is 4. The van der Waals surface area contributed by atoms with Gasteiger partial charge < -0.3 is 19.8 Å². The highest BCUT2D eigenvalue weighted by molar-refractivity contribution is 6.05. The molecule has 1 heterocycles. The predicted octanol–water partition coefficient (Wildman–Crippen LogP) is 4.70. The topological polar surface area (TPSA) is 70.0 Å². The highest BCUT2D eigenvalue weighted by Crippen LogP contribution is 2.47. The molecule has 0 saturated heterocycles. The third kappa shape index (κ3) is 2.80. The van der Waals surface area contributed by atoms with E-state index in [1.54, 1.807) is 24.1 Å². The van der Waals surface area contributed by atoms with E-state index in [0.717, 1.165) is 39.6 Å². The number of aryl methyl sites for hydroxylation is 1. The fraction of sp³-hybridized carbons (Fsp3) is 0.292. The van der Waals surface area contributed by atoms with Gasteiger partial charge in [-0.05, 0) is 73.0 Å². The fourth-order valence-electron chi connectivity index (χ4n) is 4.78. The molecule has 3 aromatic carbocycles. The van der Waals surface area contributed by atoms with Gasteiger partial charge in [-0.3, -0.25) is 4.79 Å². The summed E-state index contributed by atoms with van der Waals surface area (Å²) in [6, 6.07) is 10.8. The minimum Gasteiger partial charge on any atom is -0.508 e. The van der Waals surface area contributed by atoms with E-state index in [2.05, 4.69) is 0 Å². The number of phenolic OH excluding ortho intramolecular Hbond substituents is 2. The van der Waals surface area contributed by atoms with Crippen molar-refractivity contribution in [2.75, 3.05) is 7.11 Å². The molecule has 0 spiro atoms. The number of rotatable bonds is 3. The first-order valence-corrected chi connectivity index (χ1v) is 9.76. The first kappa shape index (κ1) is 19.1. The number of hydrogen-bond donors (Lipinski definition) is 2. The van der Waals surface area contributed by atoms with Crippen molar-refractivity contribution in [1.82, 2.24) is 4.90 Å². The summed E-state index contributed by atoms with van der Waals surface area (Å²) < 4.78 is 5.53. The second-order valence-electron chi connectivity index (χ2n) is 7.78. The smallest absolute Gasteiger partial charge is 0.210 e. The van der Waals surface area contributed by atoms with Crippen LogP contribution in [0.4, 0.5) is 0 Å². The Kier molecular flexibility index (Phi) is 4.61.